The molecule has 27 heavy (non-hydrogen) atoms. The number of hydrogen-bond acceptors (Lipinski definition) is 7. The summed E-state index contributed by atoms with van der Waals surface area (Å²) in [6.07, 6.45) is 4.10. The van der Waals surface area contributed by atoms with E-state index >= 15 is 0 Å². The van der Waals surface area contributed by atoms with Crippen LogP contribution in [0.2, 0.25) is 0 Å². The number of likely N-dealkylation sites (tertiary alicyclic amines) is 1. The summed E-state index contributed by atoms with van der Waals surface area (Å²) in [4.78, 5) is 30.3. The van der Waals surface area contributed by atoms with Crippen molar-refractivity contribution in [2.24, 2.45) is 0 Å². The molecule has 0 aliphatic carbocycles. The number of piperidine rings is 1. The summed E-state index contributed by atoms with van der Waals surface area (Å²) in [6, 6.07) is 0.543. The van der Waals surface area contributed by atoms with Crippen LogP contribution in [0.15, 0.2) is 10.7 Å². The van der Waals surface area contributed by atoms with Gasteiger partial charge in [-0.3, -0.25) is 0 Å². The molecule has 1 aliphatic heterocycles. The fraction of sp³-hybridized carbons (Fsp3) is 0.737. The zero-order chi connectivity index (χ0) is 20.0. The molecule has 1 N–H and O–H groups in total. The highest BCUT2D eigenvalue weighted by atomic mass is 16.6. The molecular formula is C19H31N3O5. The molecule has 2 heterocycles. The summed E-state index contributed by atoms with van der Waals surface area (Å²) in [7, 11) is 0. The molecule has 152 valence electrons. The van der Waals surface area contributed by atoms with E-state index in [-0.39, 0.29) is 42.6 Å². The Hall–Kier alpha value is -2.25. The monoisotopic (exact) mass is 381 g/mol. The van der Waals surface area contributed by atoms with Crippen molar-refractivity contribution in [1.29, 1.82) is 0 Å². The minimum Gasteiger partial charge on any atom is -0.461 e. The van der Waals surface area contributed by atoms with Gasteiger partial charge in [-0.05, 0) is 46.5 Å². The number of ether oxygens (including phenoxy) is 2. The first-order valence-electron chi connectivity index (χ1n) is 9.77. The van der Waals surface area contributed by atoms with Crippen LogP contribution in [-0.2, 0) is 9.47 Å². The maximum absolute atomic E-state index is 12.6. The van der Waals surface area contributed by atoms with Gasteiger partial charge in [-0.25, -0.2) is 9.59 Å². The van der Waals surface area contributed by atoms with Gasteiger partial charge < -0.3 is 24.1 Å². The molecule has 0 spiro atoms. The maximum Gasteiger partial charge on any atom is 0.410 e. The van der Waals surface area contributed by atoms with Crippen LogP contribution >= 0.6 is 0 Å². The summed E-state index contributed by atoms with van der Waals surface area (Å²) in [5.74, 6) is -0.501. The first kappa shape index (κ1) is 21.1. The summed E-state index contributed by atoms with van der Waals surface area (Å²) in [6.45, 7) is 9.88. The average Bonchev–Trinajstić information content (AvgIpc) is 3.08. The number of nitrogens with zero attached hydrogens (tertiary/aromatic N) is 2. The van der Waals surface area contributed by atoms with Gasteiger partial charge in [0.15, 0.2) is 5.69 Å². The Kier molecular flexibility index (Phi) is 7.50. The van der Waals surface area contributed by atoms with Gasteiger partial charge in [0.25, 0.3) is 6.01 Å². The van der Waals surface area contributed by atoms with Crippen LogP contribution in [0.3, 0.4) is 0 Å². The van der Waals surface area contributed by atoms with Crippen LogP contribution in [0.5, 0.6) is 0 Å². The van der Waals surface area contributed by atoms with Gasteiger partial charge >= 0.3 is 12.1 Å². The quantitative estimate of drug-likeness (QED) is 0.717. The number of carbonyl (C=O) groups is 2. The number of carbonyl (C=O) groups excluding carboxylic acids is 2. The number of amides is 1. The van der Waals surface area contributed by atoms with Gasteiger partial charge in [0.1, 0.15) is 6.26 Å². The van der Waals surface area contributed by atoms with Gasteiger partial charge in [-0.2, -0.15) is 4.98 Å². The normalized spacial score (nSPS) is 22.6. The number of anilines is 1. The van der Waals surface area contributed by atoms with E-state index in [2.05, 4.69) is 24.1 Å². The highest BCUT2D eigenvalue weighted by molar-refractivity contribution is 5.87. The van der Waals surface area contributed by atoms with E-state index in [1.807, 2.05) is 18.7 Å². The third-order valence-corrected chi connectivity index (χ3v) is 4.71. The SMILES string of the molecule is CCOC(=O)c1coc(N[C@H]2C[C@@H](CC)N(C(=O)OC(C)C)[C@@H](CC)C2)n1. The second kappa shape index (κ2) is 9.62. The first-order chi connectivity index (χ1) is 12.9. The highest BCUT2D eigenvalue weighted by Crippen LogP contribution is 2.30. The summed E-state index contributed by atoms with van der Waals surface area (Å²) >= 11 is 0. The molecule has 0 unspecified atom stereocenters. The van der Waals surface area contributed by atoms with E-state index in [0.717, 1.165) is 25.7 Å². The molecule has 3 atom stereocenters. The third-order valence-electron chi connectivity index (χ3n) is 4.71. The van der Waals surface area contributed by atoms with Crippen molar-refractivity contribution in [3.05, 3.63) is 12.0 Å². The van der Waals surface area contributed by atoms with Crippen LogP contribution < -0.4 is 5.32 Å². The van der Waals surface area contributed by atoms with Crippen molar-refractivity contribution >= 4 is 18.1 Å². The Morgan fingerprint density at radius 2 is 1.89 bits per heavy atom. The fourth-order valence-electron chi connectivity index (χ4n) is 3.50. The first-order valence-corrected chi connectivity index (χ1v) is 9.77. The lowest BCUT2D eigenvalue weighted by atomic mass is 9.89. The smallest absolute Gasteiger partial charge is 0.410 e. The molecule has 2 rings (SSSR count). The lowest BCUT2D eigenvalue weighted by Gasteiger charge is -2.44. The lowest BCUT2D eigenvalue weighted by Crippen LogP contribution is -2.55. The zero-order valence-electron chi connectivity index (χ0n) is 16.9. The van der Waals surface area contributed by atoms with E-state index in [4.69, 9.17) is 13.9 Å². The Morgan fingerprint density at radius 3 is 2.41 bits per heavy atom. The van der Waals surface area contributed by atoms with Crippen LogP contribution in [0.4, 0.5) is 10.8 Å². The number of rotatable bonds is 7. The maximum atomic E-state index is 12.6. The lowest BCUT2D eigenvalue weighted by molar-refractivity contribution is 0.0252. The van der Waals surface area contributed by atoms with E-state index in [0.29, 0.717) is 6.01 Å². The van der Waals surface area contributed by atoms with Crippen molar-refractivity contribution in [2.45, 2.75) is 84.5 Å². The predicted octanol–water partition coefficient (Wildman–Crippen LogP) is 3.83. The second-order valence-electron chi connectivity index (χ2n) is 7.03. The van der Waals surface area contributed by atoms with Crippen LogP contribution in [0.1, 0.15) is 70.8 Å². The molecule has 1 aromatic rings. The van der Waals surface area contributed by atoms with Crippen LogP contribution in [0, 0.1) is 0 Å². The molecule has 1 aliphatic rings. The van der Waals surface area contributed by atoms with Crippen molar-refractivity contribution in [3.63, 3.8) is 0 Å². The molecule has 1 saturated heterocycles. The minimum atomic E-state index is -0.501. The van der Waals surface area contributed by atoms with Crippen molar-refractivity contribution < 1.29 is 23.5 Å². The van der Waals surface area contributed by atoms with E-state index < -0.39 is 5.97 Å². The van der Waals surface area contributed by atoms with E-state index in [9.17, 15) is 9.59 Å². The largest absolute Gasteiger partial charge is 0.461 e. The van der Waals surface area contributed by atoms with Gasteiger partial charge in [0, 0.05) is 18.1 Å². The Morgan fingerprint density at radius 1 is 1.26 bits per heavy atom. The van der Waals surface area contributed by atoms with Crippen molar-refractivity contribution in [1.82, 2.24) is 9.88 Å². The standard InChI is InChI=1S/C19H31N3O5/c1-6-14-9-13(10-15(7-2)22(14)19(24)27-12(4)5)20-18-21-16(11-26-18)17(23)25-8-3/h11-15H,6-10H2,1-5H3,(H,20,21)/t13-,14+,15-. The van der Waals surface area contributed by atoms with Gasteiger partial charge in [-0.1, -0.05) is 13.8 Å². The van der Waals surface area contributed by atoms with Crippen LogP contribution in [0.25, 0.3) is 0 Å². The fourth-order valence-corrected chi connectivity index (χ4v) is 3.50. The summed E-state index contributed by atoms with van der Waals surface area (Å²) in [5, 5.41) is 3.26. The highest BCUT2D eigenvalue weighted by Gasteiger charge is 2.38. The predicted molar refractivity (Wildman–Crippen MR) is 101 cm³/mol. The Labute approximate surface area is 160 Å². The van der Waals surface area contributed by atoms with E-state index in [1.165, 1.54) is 6.26 Å². The number of esters is 1. The van der Waals surface area contributed by atoms with Gasteiger partial charge in [0.05, 0.1) is 12.7 Å². The molecule has 0 saturated carbocycles. The molecule has 0 aromatic carbocycles. The molecular weight excluding hydrogens is 350 g/mol. The summed E-state index contributed by atoms with van der Waals surface area (Å²) < 4.78 is 15.7. The minimum absolute atomic E-state index is 0.0759. The molecule has 8 nitrogen and oxygen atoms in total. The zero-order valence-corrected chi connectivity index (χ0v) is 16.9. The molecule has 8 heteroatoms. The number of aromatic nitrogens is 1. The van der Waals surface area contributed by atoms with E-state index in [1.54, 1.807) is 6.92 Å². The molecule has 1 amide bonds. The molecule has 1 fully saturated rings. The van der Waals surface area contributed by atoms with Crippen LogP contribution in [-0.4, -0.2) is 52.8 Å². The molecule has 1 aromatic heterocycles. The van der Waals surface area contributed by atoms with Crippen molar-refractivity contribution in [2.75, 3.05) is 11.9 Å². The van der Waals surface area contributed by atoms with Crippen molar-refractivity contribution in [3.8, 4) is 0 Å². The molecule has 0 radical (unpaired) electrons. The molecule has 0 bridgehead atoms. The number of oxazole rings is 1. The second-order valence-corrected chi connectivity index (χ2v) is 7.03. The van der Waals surface area contributed by atoms with Gasteiger partial charge in [-0.15, -0.1) is 0 Å². The topological polar surface area (TPSA) is 93.9 Å². The average molecular weight is 381 g/mol. The number of nitrogens with one attached hydrogen (secondary N) is 1. The van der Waals surface area contributed by atoms with Gasteiger partial charge in [0.2, 0.25) is 0 Å². The summed E-state index contributed by atoms with van der Waals surface area (Å²) in [5.41, 5.74) is 0.149. The Balaban J connectivity index is 2.06. The Bertz CT molecular complexity index is 617. The number of hydrogen-bond donors (Lipinski definition) is 1. The third kappa shape index (κ3) is 5.37.